The monoisotopic (exact) mass is 409 g/mol. The highest BCUT2D eigenvalue weighted by Gasteiger charge is 2.56. The molecule has 1 aliphatic rings. The molecule has 1 aromatic heterocycles. The normalized spacial score (nSPS) is 14.6. The number of nitrogens with zero attached hydrogens (tertiary/aromatic N) is 3. The van der Waals surface area contributed by atoms with Crippen molar-refractivity contribution in [3.63, 3.8) is 0 Å². The molecule has 8 nitrogen and oxygen atoms in total. The third kappa shape index (κ3) is 4.06. The number of rotatable bonds is 7. The fourth-order valence-electron chi connectivity index (χ4n) is 3.49. The van der Waals surface area contributed by atoms with Crippen LogP contribution >= 0.6 is 0 Å². The molecule has 0 unspecified atom stereocenters. The Morgan fingerprint density at radius 2 is 1.77 bits per heavy atom. The molecule has 0 radical (unpaired) electrons. The van der Waals surface area contributed by atoms with Gasteiger partial charge in [0.15, 0.2) is 0 Å². The van der Waals surface area contributed by atoms with Crippen LogP contribution in [0.25, 0.3) is 0 Å². The molecule has 0 atom stereocenters. The van der Waals surface area contributed by atoms with Crippen LogP contribution in [0.5, 0.6) is 11.6 Å². The van der Waals surface area contributed by atoms with Crippen molar-refractivity contribution in [3.8, 4) is 17.7 Å². The number of carbonyl (C=O) groups is 2. The van der Waals surface area contributed by atoms with Crippen LogP contribution in [-0.4, -0.2) is 42.2 Å². The van der Waals surface area contributed by atoms with Crippen LogP contribution < -0.4 is 9.64 Å². The molecule has 0 aliphatic carbocycles. The number of esters is 2. The largest absolute Gasteiger partial charge is 0.464 e. The van der Waals surface area contributed by atoms with E-state index in [9.17, 15) is 9.59 Å². The van der Waals surface area contributed by atoms with Crippen molar-refractivity contribution in [3.05, 3.63) is 48.2 Å². The van der Waals surface area contributed by atoms with Gasteiger partial charge in [0.05, 0.1) is 36.7 Å². The van der Waals surface area contributed by atoms with E-state index in [0.29, 0.717) is 42.3 Å². The topological polar surface area (TPSA) is 102 Å². The van der Waals surface area contributed by atoms with Crippen molar-refractivity contribution >= 4 is 17.6 Å². The molecule has 1 aliphatic heterocycles. The molecule has 0 amide bonds. The summed E-state index contributed by atoms with van der Waals surface area (Å²) in [4.78, 5) is 31.6. The maximum Gasteiger partial charge on any atom is 0.343 e. The number of nitriles is 1. The first-order valence-corrected chi connectivity index (χ1v) is 9.81. The van der Waals surface area contributed by atoms with Gasteiger partial charge in [0.1, 0.15) is 5.75 Å². The van der Waals surface area contributed by atoms with Gasteiger partial charge >= 0.3 is 11.9 Å². The van der Waals surface area contributed by atoms with Crippen molar-refractivity contribution in [1.29, 1.82) is 5.26 Å². The zero-order chi connectivity index (χ0) is 21.6. The average molecular weight is 409 g/mol. The fourth-order valence-corrected chi connectivity index (χ4v) is 3.49. The van der Waals surface area contributed by atoms with Gasteiger partial charge in [-0.15, -0.1) is 0 Å². The van der Waals surface area contributed by atoms with E-state index < -0.39 is 17.5 Å². The smallest absolute Gasteiger partial charge is 0.343 e. The number of hydrogen-bond acceptors (Lipinski definition) is 8. The zero-order valence-corrected chi connectivity index (χ0v) is 17.0. The molecule has 0 saturated carbocycles. The van der Waals surface area contributed by atoms with Gasteiger partial charge in [-0.2, -0.15) is 5.26 Å². The Bertz CT molecular complexity index is 917. The molecule has 2 aromatic rings. The molecule has 156 valence electrons. The number of hydrogen-bond donors (Lipinski definition) is 0. The number of ether oxygens (including phenoxy) is 3. The lowest BCUT2D eigenvalue weighted by molar-refractivity contribution is -0.163. The molecule has 1 saturated heterocycles. The van der Waals surface area contributed by atoms with Crippen molar-refractivity contribution in [2.75, 3.05) is 24.7 Å². The Kier molecular flexibility index (Phi) is 6.52. The van der Waals surface area contributed by atoms with Gasteiger partial charge in [-0.3, -0.25) is 0 Å². The average Bonchev–Trinajstić information content (AvgIpc) is 3.21. The van der Waals surface area contributed by atoms with E-state index in [2.05, 4.69) is 4.98 Å². The van der Waals surface area contributed by atoms with Crippen molar-refractivity contribution in [1.82, 2.24) is 4.98 Å². The Balaban J connectivity index is 1.84. The van der Waals surface area contributed by atoms with E-state index in [1.54, 1.807) is 61.3 Å². The molecule has 0 N–H and O–H groups in total. The van der Waals surface area contributed by atoms with Gasteiger partial charge in [-0.05, 0) is 57.0 Å². The number of pyridine rings is 1. The van der Waals surface area contributed by atoms with E-state index in [1.165, 1.54) is 0 Å². The zero-order valence-electron chi connectivity index (χ0n) is 17.0. The Morgan fingerprint density at radius 1 is 1.10 bits per heavy atom. The standard InChI is InChI=1S/C22H23N3O5/c1-3-28-20(26)22(21(27)29-4-2)12-5-13-25(22)17-8-11-19(24-15-17)30-18-9-6-16(14-23)7-10-18/h6-11,15H,3-5,12-13H2,1-2H3. The third-order valence-electron chi connectivity index (χ3n) is 4.85. The highest BCUT2D eigenvalue weighted by molar-refractivity contribution is 6.09. The first-order chi connectivity index (χ1) is 14.5. The van der Waals surface area contributed by atoms with Crippen LogP contribution in [0.15, 0.2) is 42.6 Å². The van der Waals surface area contributed by atoms with Crippen LogP contribution in [-0.2, 0) is 19.1 Å². The van der Waals surface area contributed by atoms with E-state index in [0.717, 1.165) is 0 Å². The number of carbonyl (C=O) groups excluding carboxylic acids is 2. The molecular formula is C22H23N3O5. The first kappa shape index (κ1) is 21.1. The maximum absolute atomic E-state index is 12.8. The van der Waals surface area contributed by atoms with Gasteiger partial charge < -0.3 is 19.1 Å². The molecule has 8 heteroatoms. The summed E-state index contributed by atoms with van der Waals surface area (Å²) in [6, 6.07) is 12.1. The lowest BCUT2D eigenvalue weighted by Gasteiger charge is -2.35. The summed E-state index contributed by atoms with van der Waals surface area (Å²) in [5.74, 6) is -0.332. The highest BCUT2D eigenvalue weighted by Crippen LogP contribution is 2.37. The molecule has 3 rings (SSSR count). The van der Waals surface area contributed by atoms with E-state index in [-0.39, 0.29) is 13.2 Å². The second-order valence-electron chi connectivity index (χ2n) is 6.65. The van der Waals surface area contributed by atoms with Gasteiger partial charge in [0.25, 0.3) is 0 Å². The lowest BCUT2D eigenvalue weighted by atomic mass is 9.95. The minimum atomic E-state index is -1.51. The molecule has 0 bridgehead atoms. The van der Waals surface area contributed by atoms with Gasteiger partial charge in [0.2, 0.25) is 11.4 Å². The lowest BCUT2D eigenvalue weighted by Crippen LogP contribution is -2.58. The number of benzene rings is 1. The SMILES string of the molecule is CCOC(=O)C1(C(=O)OCC)CCCN1c1ccc(Oc2ccc(C#N)cc2)nc1. The minimum Gasteiger partial charge on any atom is -0.464 e. The van der Waals surface area contributed by atoms with Crippen LogP contribution in [0.3, 0.4) is 0 Å². The maximum atomic E-state index is 12.8. The number of anilines is 1. The van der Waals surface area contributed by atoms with Crippen LogP contribution in [0.2, 0.25) is 0 Å². The predicted molar refractivity (Wildman–Crippen MR) is 108 cm³/mol. The van der Waals surface area contributed by atoms with Crippen LogP contribution in [0, 0.1) is 11.3 Å². The van der Waals surface area contributed by atoms with Crippen molar-refractivity contribution < 1.29 is 23.8 Å². The summed E-state index contributed by atoms with van der Waals surface area (Å²) < 4.78 is 16.1. The Hall–Kier alpha value is -3.60. The summed E-state index contributed by atoms with van der Waals surface area (Å²) in [6.45, 7) is 4.24. The summed E-state index contributed by atoms with van der Waals surface area (Å²) in [6.07, 6.45) is 2.51. The molecular weight excluding hydrogens is 386 g/mol. The van der Waals surface area contributed by atoms with E-state index in [4.69, 9.17) is 19.5 Å². The quantitative estimate of drug-likeness (QED) is 0.507. The number of aromatic nitrogens is 1. The van der Waals surface area contributed by atoms with E-state index >= 15 is 0 Å². The summed E-state index contributed by atoms with van der Waals surface area (Å²) in [5, 5.41) is 8.87. The molecule has 1 aromatic carbocycles. The molecule has 0 spiro atoms. The van der Waals surface area contributed by atoms with Gasteiger partial charge in [0, 0.05) is 12.6 Å². The van der Waals surface area contributed by atoms with Gasteiger partial charge in [-0.1, -0.05) is 0 Å². The predicted octanol–water partition coefficient (Wildman–Crippen LogP) is 3.21. The second kappa shape index (κ2) is 9.27. The fraction of sp³-hybridized carbons (Fsp3) is 0.364. The van der Waals surface area contributed by atoms with Crippen molar-refractivity contribution in [2.24, 2.45) is 0 Å². The molecule has 2 heterocycles. The van der Waals surface area contributed by atoms with Gasteiger partial charge in [-0.25, -0.2) is 14.6 Å². The molecule has 30 heavy (non-hydrogen) atoms. The summed E-state index contributed by atoms with van der Waals surface area (Å²) >= 11 is 0. The Morgan fingerprint density at radius 3 is 2.30 bits per heavy atom. The Labute approximate surface area is 175 Å². The molecule has 1 fully saturated rings. The van der Waals surface area contributed by atoms with Crippen molar-refractivity contribution in [2.45, 2.75) is 32.2 Å². The van der Waals surface area contributed by atoms with Crippen LogP contribution in [0.4, 0.5) is 5.69 Å². The van der Waals surface area contributed by atoms with E-state index in [1.807, 2.05) is 6.07 Å². The summed E-state index contributed by atoms with van der Waals surface area (Å²) in [5.41, 5.74) is -0.377. The first-order valence-electron chi connectivity index (χ1n) is 9.81. The third-order valence-corrected chi connectivity index (χ3v) is 4.85. The second-order valence-corrected chi connectivity index (χ2v) is 6.65. The highest BCUT2D eigenvalue weighted by atomic mass is 16.6. The van der Waals surface area contributed by atoms with Crippen LogP contribution in [0.1, 0.15) is 32.3 Å². The summed E-state index contributed by atoms with van der Waals surface area (Å²) in [7, 11) is 0. The minimum absolute atomic E-state index is 0.170.